The first kappa shape index (κ1) is 18.1. The molecule has 1 saturated heterocycles. The first-order valence-corrected chi connectivity index (χ1v) is 8.79. The van der Waals surface area contributed by atoms with Crippen molar-refractivity contribution in [3.8, 4) is 5.75 Å². The molecular formula is C19H23FN4O2. The second-order valence-electron chi connectivity index (χ2n) is 6.73. The Morgan fingerprint density at radius 2 is 1.96 bits per heavy atom. The molecule has 0 bridgehead atoms. The Kier molecular flexibility index (Phi) is 5.35. The maximum absolute atomic E-state index is 13.7. The lowest BCUT2D eigenvalue weighted by atomic mass is 10.1. The van der Waals surface area contributed by atoms with Crippen molar-refractivity contribution in [3.05, 3.63) is 47.5 Å². The van der Waals surface area contributed by atoms with Crippen LogP contribution in [0.3, 0.4) is 0 Å². The number of nitrogens with zero attached hydrogens (tertiary/aromatic N) is 3. The van der Waals surface area contributed by atoms with Crippen LogP contribution in [-0.2, 0) is 0 Å². The fourth-order valence-electron chi connectivity index (χ4n) is 2.95. The molecule has 0 atom stereocenters. The third-order valence-electron chi connectivity index (χ3n) is 4.43. The number of aromatic nitrogens is 2. The van der Waals surface area contributed by atoms with Crippen molar-refractivity contribution in [1.82, 2.24) is 14.9 Å². The number of ether oxygens (including phenoxy) is 1. The summed E-state index contributed by atoms with van der Waals surface area (Å²) in [6, 6.07) is 8.06. The zero-order valence-electron chi connectivity index (χ0n) is 15.0. The van der Waals surface area contributed by atoms with E-state index in [2.05, 4.69) is 9.97 Å². The van der Waals surface area contributed by atoms with E-state index in [0.717, 1.165) is 5.69 Å². The summed E-state index contributed by atoms with van der Waals surface area (Å²) in [5.41, 5.74) is 6.80. The zero-order chi connectivity index (χ0) is 18.7. The zero-order valence-corrected chi connectivity index (χ0v) is 15.0. The molecule has 0 radical (unpaired) electrons. The van der Waals surface area contributed by atoms with Crippen LogP contribution in [0.1, 0.15) is 48.8 Å². The SMILES string of the molecule is CC(C)c1cc(C(=O)N2CCC(Oc3ccccc3F)CC2)nc(N)n1. The molecule has 3 rings (SSSR count). The molecule has 0 saturated carbocycles. The lowest BCUT2D eigenvalue weighted by Crippen LogP contribution is -2.42. The minimum Gasteiger partial charge on any atom is -0.487 e. The molecular weight excluding hydrogens is 335 g/mol. The van der Waals surface area contributed by atoms with Crippen molar-refractivity contribution in [2.24, 2.45) is 0 Å². The number of amides is 1. The van der Waals surface area contributed by atoms with Crippen LogP contribution in [0.15, 0.2) is 30.3 Å². The molecule has 1 aromatic carbocycles. The Morgan fingerprint density at radius 3 is 2.62 bits per heavy atom. The van der Waals surface area contributed by atoms with Crippen LogP contribution >= 0.6 is 0 Å². The Hall–Kier alpha value is -2.70. The van der Waals surface area contributed by atoms with Gasteiger partial charge in [-0.2, -0.15) is 0 Å². The molecule has 138 valence electrons. The number of hydrogen-bond donors (Lipinski definition) is 1. The van der Waals surface area contributed by atoms with Gasteiger partial charge in [-0.25, -0.2) is 14.4 Å². The van der Waals surface area contributed by atoms with Gasteiger partial charge in [0.15, 0.2) is 11.6 Å². The highest BCUT2D eigenvalue weighted by molar-refractivity contribution is 5.92. The van der Waals surface area contributed by atoms with Gasteiger partial charge in [0.1, 0.15) is 11.8 Å². The van der Waals surface area contributed by atoms with Gasteiger partial charge >= 0.3 is 0 Å². The van der Waals surface area contributed by atoms with Gasteiger partial charge < -0.3 is 15.4 Å². The molecule has 1 aliphatic heterocycles. The van der Waals surface area contributed by atoms with E-state index in [1.165, 1.54) is 6.07 Å². The number of likely N-dealkylation sites (tertiary alicyclic amines) is 1. The van der Waals surface area contributed by atoms with Crippen LogP contribution < -0.4 is 10.5 Å². The third-order valence-corrected chi connectivity index (χ3v) is 4.43. The van der Waals surface area contributed by atoms with Crippen LogP contribution in [0, 0.1) is 5.82 Å². The number of halogens is 1. The summed E-state index contributed by atoms with van der Waals surface area (Å²) < 4.78 is 19.4. The molecule has 1 amide bonds. The number of carbonyl (C=O) groups excluding carboxylic acids is 1. The number of rotatable bonds is 4. The van der Waals surface area contributed by atoms with Gasteiger partial charge in [-0.15, -0.1) is 0 Å². The highest BCUT2D eigenvalue weighted by Gasteiger charge is 2.26. The lowest BCUT2D eigenvalue weighted by molar-refractivity contribution is 0.0583. The van der Waals surface area contributed by atoms with Gasteiger partial charge in [0.25, 0.3) is 5.91 Å². The van der Waals surface area contributed by atoms with Gasteiger partial charge in [-0.1, -0.05) is 26.0 Å². The maximum atomic E-state index is 13.7. The molecule has 0 unspecified atom stereocenters. The topological polar surface area (TPSA) is 81.3 Å². The minimum absolute atomic E-state index is 0.109. The Balaban J connectivity index is 1.63. The van der Waals surface area contributed by atoms with Crippen LogP contribution in [0.2, 0.25) is 0 Å². The monoisotopic (exact) mass is 358 g/mol. The van der Waals surface area contributed by atoms with E-state index in [9.17, 15) is 9.18 Å². The molecule has 1 fully saturated rings. The number of piperidine rings is 1. The van der Waals surface area contributed by atoms with E-state index in [1.54, 1.807) is 29.2 Å². The second kappa shape index (κ2) is 7.68. The molecule has 1 aromatic heterocycles. The number of benzene rings is 1. The fourth-order valence-corrected chi connectivity index (χ4v) is 2.95. The van der Waals surface area contributed by atoms with Crippen molar-refractivity contribution in [3.63, 3.8) is 0 Å². The summed E-state index contributed by atoms with van der Waals surface area (Å²) in [4.78, 5) is 22.7. The number of hydrogen-bond acceptors (Lipinski definition) is 5. The van der Waals surface area contributed by atoms with E-state index >= 15 is 0 Å². The minimum atomic E-state index is -0.372. The molecule has 0 aliphatic carbocycles. The highest BCUT2D eigenvalue weighted by Crippen LogP contribution is 2.23. The van der Waals surface area contributed by atoms with Crippen molar-refractivity contribution < 1.29 is 13.9 Å². The molecule has 2 N–H and O–H groups in total. The predicted molar refractivity (Wildman–Crippen MR) is 96.5 cm³/mol. The standard InChI is InChI=1S/C19H23FN4O2/c1-12(2)15-11-16(23-19(21)22-15)18(25)24-9-7-13(8-10-24)26-17-6-4-3-5-14(17)20/h3-6,11-13H,7-10H2,1-2H3,(H2,21,22,23). The van der Waals surface area contributed by atoms with E-state index in [0.29, 0.717) is 31.6 Å². The quantitative estimate of drug-likeness (QED) is 0.909. The number of nitrogen functional groups attached to an aromatic ring is 1. The molecule has 26 heavy (non-hydrogen) atoms. The number of para-hydroxylation sites is 1. The number of nitrogens with two attached hydrogens (primary N) is 1. The summed E-state index contributed by atoms with van der Waals surface area (Å²) in [7, 11) is 0. The smallest absolute Gasteiger partial charge is 0.272 e. The average Bonchev–Trinajstić information content (AvgIpc) is 2.63. The van der Waals surface area contributed by atoms with Crippen LogP contribution in [0.25, 0.3) is 0 Å². The van der Waals surface area contributed by atoms with Gasteiger partial charge in [0.05, 0.1) is 0 Å². The van der Waals surface area contributed by atoms with Gasteiger partial charge in [-0.3, -0.25) is 4.79 Å². The number of anilines is 1. The lowest BCUT2D eigenvalue weighted by Gasteiger charge is -2.32. The van der Waals surface area contributed by atoms with Gasteiger partial charge in [0, 0.05) is 31.6 Å². The predicted octanol–water partition coefficient (Wildman–Crippen LogP) is 3.00. The first-order valence-electron chi connectivity index (χ1n) is 8.79. The van der Waals surface area contributed by atoms with Crippen molar-refractivity contribution in [2.75, 3.05) is 18.8 Å². The van der Waals surface area contributed by atoms with E-state index in [1.807, 2.05) is 13.8 Å². The molecule has 7 heteroatoms. The normalized spacial score (nSPS) is 15.3. The summed E-state index contributed by atoms with van der Waals surface area (Å²) in [5, 5.41) is 0. The summed E-state index contributed by atoms with van der Waals surface area (Å²) in [6.07, 6.45) is 1.16. The van der Waals surface area contributed by atoms with Crippen LogP contribution in [0.4, 0.5) is 10.3 Å². The molecule has 1 aliphatic rings. The van der Waals surface area contributed by atoms with Crippen molar-refractivity contribution in [1.29, 1.82) is 0 Å². The molecule has 2 aromatic rings. The Morgan fingerprint density at radius 1 is 1.27 bits per heavy atom. The van der Waals surface area contributed by atoms with E-state index in [-0.39, 0.29) is 35.4 Å². The molecule has 0 spiro atoms. The first-order chi connectivity index (χ1) is 12.4. The second-order valence-corrected chi connectivity index (χ2v) is 6.73. The van der Waals surface area contributed by atoms with Crippen LogP contribution in [-0.4, -0.2) is 40.0 Å². The van der Waals surface area contributed by atoms with Gasteiger partial charge in [-0.05, 0) is 24.1 Å². The van der Waals surface area contributed by atoms with Crippen LogP contribution in [0.5, 0.6) is 5.75 Å². The van der Waals surface area contributed by atoms with Crippen molar-refractivity contribution >= 4 is 11.9 Å². The fraction of sp³-hybridized carbons (Fsp3) is 0.421. The van der Waals surface area contributed by atoms with E-state index < -0.39 is 0 Å². The Labute approximate surface area is 152 Å². The number of carbonyl (C=O) groups is 1. The summed E-state index contributed by atoms with van der Waals surface area (Å²) >= 11 is 0. The third kappa shape index (κ3) is 4.09. The average molecular weight is 358 g/mol. The van der Waals surface area contributed by atoms with E-state index in [4.69, 9.17) is 10.5 Å². The maximum Gasteiger partial charge on any atom is 0.272 e. The Bertz CT molecular complexity index is 789. The molecule has 6 nitrogen and oxygen atoms in total. The largest absolute Gasteiger partial charge is 0.487 e. The highest BCUT2D eigenvalue weighted by atomic mass is 19.1. The van der Waals surface area contributed by atoms with Gasteiger partial charge in [0.2, 0.25) is 5.95 Å². The summed E-state index contributed by atoms with van der Waals surface area (Å²) in [5.74, 6) is -0.0134. The summed E-state index contributed by atoms with van der Waals surface area (Å²) in [6.45, 7) is 5.03. The molecule has 2 heterocycles. The van der Waals surface area contributed by atoms with Crippen molar-refractivity contribution in [2.45, 2.75) is 38.7 Å².